The third-order valence-corrected chi connectivity index (χ3v) is 5.60. The first-order valence-electron chi connectivity index (χ1n) is 8.72. The number of hydrogen-bond donors (Lipinski definition) is 1. The Bertz CT molecular complexity index is 565. The van der Waals surface area contributed by atoms with Crippen LogP contribution in [0, 0.1) is 5.92 Å². The molecule has 0 saturated carbocycles. The maximum atomic E-state index is 12.4. The molecular formula is C18H27NO3S. The first-order chi connectivity index (χ1) is 11.1. The van der Waals surface area contributed by atoms with E-state index in [1.165, 1.54) is 4.88 Å². The monoisotopic (exact) mass is 337 g/mol. The Kier molecular flexibility index (Phi) is 6.63. The van der Waals surface area contributed by atoms with Crippen molar-refractivity contribution < 1.29 is 14.3 Å². The summed E-state index contributed by atoms with van der Waals surface area (Å²) in [5, 5.41) is 3.64. The summed E-state index contributed by atoms with van der Waals surface area (Å²) >= 11 is 1.56. The van der Waals surface area contributed by atoms with E-state index in [1.807, 2.05) is 6.92 Å². The van der Waals surface area contributed by atoms with Crippen molar-refractivity contribution in [2.75, 3.05) is 11.9 Å². The number of carbonyl (C=O) groups excluding carboxylic acids is 2. The van der Waals surface area contributed by atoms with E-state index < -0.39 is 0 Å². The van der Waals surface area contributed by atoms with Crippen LogP contribution in [-0.2, 0) is 22.4 Å². The highest BCUT2D eigenvalue weighted by Crippen LogP contribution is 2.40. The lowest BCUT2D eigenvalue weighted by molar-refractivity contribution is -0.116. The molecule has 2 rings (SSSR count). The Labute approximate surface area is 142 Å². The first-order valence-corrected chi connectivity index (χ1v) is 9.53. The highest BCUT2D eigenvalue weighted by Gasteiger charge is 2.29. The Morgan fingerprint density at radius 1 is 1.30 bits per heavy atom. The van der Waals surface area contributed by atoms with Crippen molar-refractivity contribution in [1.29, 1.82) is 0 Å². The zero-order valence-corrected chi connectivity index (χ0v) is 15.2. The van der Waals surface area contributed by atoms with Crippen LogP contribution in [0.15, 0.2) is 0 Å². The van der Waals surface area contributed by atoms with Crippen molar-refractivity contribution in [2.45, 2.75) is 65.7 Å². The topological polar surface area (TPSA) is 55.4 Å². The fraction of sp³-hybridized carbons (Fsp3) is 0.667. The minimum absolute atomic E-state index is 0.0111. The first kappa shape index (κ1) is 18.0. The third-order valence-electron chi connectivity index (χ3n) is 4.43. The van der Waals surface area contributed by atoms with Gasteiger partial charge in [0.1, 0.15) is 5.00 Å². The number of rotatable bonds is 7. The van der Waals surface area contributed by atoms with Crippen molar-refractivity contribution >= 4 is 28.2 Å². The summed E-state index contributed by atoms with van der Waals surface area (Å²) in [5.41, 5.74) is 1.70. The fourth-order valence-electron chi connectivity index (χ4n) is 3.04. The predicted octanol–water partition coefficient (Wildman–Crippen LogP) is 4.57. The van der Waals surface area contributed by atoms with Crippen LogP contribution in [0.3, 0.4) is 0 Å². The second-order valence-electron chi connectivity index (χ2n) is 6.10. The van der Waals surface area contributed by atoms with Gasteiger partial charge in [-0.3, -0.25) is 4.79 Å². The van der Waals surface area contributed by atoms with Gasteiger partial charge in [0, 0.05) is 11.3 Å². The van der Waals surface area contributed by atoms with Crippen LogP contribution < -0.4 is 5.32 Å². The molecule has 1 aromatic rings. The number of carbonyl (C=O) groups is 2. The predicted molar refractivity (Wildman–Crippen MR) is 94.2 cm³/mol. The van der Waals surface area contributed by atoms with Gasteiger partial charge in [0.05, 0.1) is 12.2 Å². The van der Waals surface area contributed by atoms with Gasteiger partial charge in [-0.2, -0.15) is 0 Å². The van der Waals surface area contributed by atoms with Gasteiger partial charge >= 0.3 is 5.97 Å². The Balaban J connectivity index is 2.27. The number of amides is 1. The molecule has 1 aliphatic rings. The smallest absolute Gasteiger partial charge is 0.341 e. The van der Waals surface area contributed by atoms with E-state index in [4.69, 9.17) is 4.74 Å². The molecule has 0 bridgehead atoms. The van der Waals surface area contributed by atoms with Crippen molar-refractivity contribution in [3.05, 3.63) is 16.0 Å². The zero-order chi connectivity index (χ0) is 16.8. The van der Waals surface area contributed by atoms with Gasteiger partial charge in [0.2, 0.25) is 5.91 Å². The van der Waals surface area contributed by atoms with Crippen molar-refractivity contribution in [3.8, 4) is 0 Å². The molecule has 1 unspecified atom stereocenters. The number of ether oxygens (including phenoxy) is 1. The second kappa shape index (κ2) is 8.48. The summed E-state index contributed by atoms with van der Waals surface area (Å²) in [6, 6.07) is 0. The molecule has 1 aromatic heterocycles. The molecule has 1 aliphatic carbocycles. The molecule has 4 nitrogen and oxygen atoms in total. The lowest BCUT2D eigenvalue weighted by Gasteiger charge is -2.20. The quantitative estimate of drug-likeness (QED) is 0.742. The molecule has 1 atom stereocenters. The molecule has 0 saturated heterocycles. The van der Waals surface area contributed by atoms with E-state index in [0.29, 0.717) is 29.5 Å². The summed E-state index contributed by atoms with van der Waals surface area (Å²) in [6.07, 6.45) is 6.52. The SMILES string of the molecule is CCCCC(=O)Nc1sc2c(c1C(=O)OCC)CCC(CC)C2. The van der Waals surface area contributed by atoms with E-state index in [2.05, 4.69) is 19.2 Å². The standard InChI is InChI=1S/C18H27NO3S/c1-4-7-8-15(20)19-17-16(18(21)22-6-3)13-10-9-12(5-2)11-14(13)23-17/h12H,4-11H2,1-3H3,(H,19,20). The molecule has 0 spiro atoms. The summed E-state index contributed by atoms with van der Waals surface area (Å²) in [6.45, 7) is 6.43. The van der Waals surface area contributed by atoms with Gasteiger partial charge in [-0.05, 0) is 44.1 Å². The molecular weight excluding hydrogens is 310 g/mol. The molecule has 1 heterocycles. The number of anilines is 1. The lowest BCUT2D eigenvalue weighted by atomic mass is 9.85. The van der Waals surface area contributed by atoms with Gasteiger partial charge in [-0.25, -0.2) is 4.79 Å². The van der Waals surface area contributed by atoms with Crippen LogP contribution in [0.5, 0.6) is 0 Å². The minimum Gasteiger partial charge on any atom is -0.462 e. The van der Waals surface area contributed by atoms with Crippen LogP contribution in [0.4, 0.5) is 5.00 Å². The maximum absolute atomic E-state index is 12.4. The van der Waals surface area contributed by atoms with E-state index in [1.54, 1.807) is 11.3 Å². The molecule has 1 amide bonds. The van der Waals surface area contributed by atoms with Crippen LogP contribution in [0.2, 0.25) is 0 Å². The highest BCUT2D eigenvalue weighted by molar-refractivity contribution is 7.17. The van der Waals surface area contributed by atoms with E-state index in [9.17, 15) is 9.59 Å². The lowest BCUT2D eigenvalue weighted by Crippen LogP contribution is -2.17. The van der Waals surface area contributed by atoms with Gasteiger partial charge in [-0.1, -0.05) is 26.7 Å². The number of nitrogens with one attached hydrogen (secondary N) is 1. The number of esters is 1. The van der Waals surface area contributed by atoms with Crippen LogP contribution in [0.25, 0.3) is 0 Å². The number of unbranched alkanes of at least 4 members (excludes halogenated alkanes) is 1. The highest BCUT2D eigenvalue weighted by atomic mass is 32.1. The Hall–Kier alpha value is -1.36. The number of thiophene rings is 1. The largest absolute Gasteiger partial charge is 0.462 e. The fourth-order valence-corrected chi connectivity index (χ4v) is 4.40. The molecule has 128 valence electrons. The third kappa shape index (κ3) is 4.34. The van der Waals surface area contributed by atoms with E-state index in [0.717, 1.165) is 44.1 Å². The van der Waals surface area contributed by atoms with Crippen LogP contribution >= 0.6 is 11.3 Å². The van der Waals surface area contributed by atoms with Crippen molar-refractivity contribution in [2.24, 2.45) is 5.92 Å². The summed E-state index contributed by atoms with van der Waals surface area (Å²) in [7, 11) is 0. The average Bonchev–Trinajstić information content (AvgIpc) is 2.89. The molecule has 1 N–H and O–H groups in total. The molecule has 0 aromatic carbocycles. The number of hydrogen-bond acceptors (Lipinski definition) is 4. The Morgan fingerprint density at radius 2 is 2.09 bits per heavy atom. The van der Waals surface area contributed by atoms with Crippen molar-refractivity contribution in [1.82, 2.24) is 0 Å². The Morgan fingerprint density at radius 3 is 2.74 bits per heavy atom. The normalized spacial score (nSPS) is 16.7. The summed E-state index contributed by atoms with van der Waals surface area (Å²) in [5.74, 6) is 0.369. The molecule has 0 radical (unpaired) electrons. The van der Waals surface area contributed by atoms with Crippen LogP contribution in [-0.4, -0.2) is 18.5 Å². The minimum atomic E-state index is -0.300. The summed E-state index contributed by atoms with van der Waals surface area (Å²) < 4.78 is 5.23. The molecule has 5 heteroatoms. The molecule has 0 aliphatic heterocycles. The number of fused-ring (bicyclic) bond motifs is 1. The molecule has 0 fully saturated rings. The van der Waals surface area contributed by atoms with Gasteiger partial charge < -0.3 is 10.1 Å². The van der Waals surface area contributed by atoms with Gasteiger partial charge in [0.15, 0.2) is 0 Å². The summed E-state index contributed by atoms with van der Waals surface area (Å²) in [4.78, 5) is 25.7. The van der Waals surface area contributed by atoms with E-state index in [-0.39, 0.29) is 11.9 Å². The molecule has 23 heavy (non-hydrogen) atoms. The zero-order valence-electron chi connectivity index (χ0n) is 14.4. The average molecular weight is 337 g/mol. The van der Waals surface area contributed by atoms with Gasteiger partial charge in [-0.15, -0.1) is 11.3 Å². The van der Waals surface area contributed by atoms with Crippen LogP contribution in [0.1, 0.15) is 73.7 Å². The van der Waals surface area contributed by atoms with Crippen molar-refractivity contribution in [3.63, 3.8) is 0 Å². The van der Waals surface area contributed by atoms with E-state index >= 15 is 0 Å². The van der Waals surface area contributed by atoms with Gasteiger partial charge in [0.25, 0.3) is 0 Å². The maximum Gasteiger partial charge on any atom is 0.341 e. The second-order valence-corrected chi connectivity index (χ2v) is 7.20.